The van der Waals surface area contributed by atoms with Gasteiger partial charge in [0.15, 0.2) is 0 Å². The Morgan fingerprint density at radius 1 is 0.360 bits per heavy atom. The number of hydrogen-bond donors (Lipinski definition) is 3. The summed E-state index contributed by atoms with van der Waals surface area (Å²) in [5.41, 5.74) is 0. The van der Waals surface area contributed by atoms with Gasteiger partial charge in [-0.05, 0) is 32.1 Å². The van der Waals surface area contributed by atoms with Crippen molar-refractivity contribution in [1.82, 2.24) is 5.32 Å². The van der Waals surface area contributed by atoms with Gasteiger partial charge in [-0.3, -0.25) is 9.59 Å². The topological polar surface area (TPSA) is 95.9 Å². The van der Waals surface area contributed by atoms with Gasteiger partial charge in [0.25, 0.3) is 0 Å². The predicted molar refractivity (Wildman–Crippen MR) is 329 cm³/mol. The normalized spacial score (nSPS) is 12.5. The van der Waals surface area contributed by atoms with Crippen LogP contribution in [0.2, 0.25) is 0 Å². The van der Waals surface area contributed by atoms with E-state index >= 15 is 0 Å². The fraction of sp³-hybridized carbons (Fsp3) is 0.942. The van der Waals surface area contributed by atoms with Crippen LogP contribution in [0.3, 0.4) is 0 Å². The molecule has 0 saturated carbocycles. The molecule has 0 saturated heterocycles. The zero-order valence-corrected chi connectivity index (χ0v) is 51.1. The highest BCUT2D eigenvalue weighted by molar-refractivity contribution is 5.76. The number of ether oxygens (including phenoxy) is 1. The van der Waals surface area contributed by atoms with Crippen molar-refractivity contribution in [2.75, 3.05) is 13.2 Å². The summed E-state index contributed by atoms with van der Waals surface area (Å²) in [5.74, 6) is -0.0397. The highest BCUT2D eigenvalue weighted by Gasteiger charge is 2.18. The fourth-order valence-electron chi connectivity index (χ4n) is 11.1. The lowest BCUT2D eigenvalue weighted by atomic mass is 10.0. The molecular formula is C69H135NO5. The number of amides is 1. The minimum Gasteiger partial charge on any atom is -0.466 e. The Labute approximate surface area is 469 Å². The molecule has 75 heavy (non-hydrogen) atoms. The van der Waals surface area contributed by atoms with Gasteiger partial charge in [-0.1, -0.05) is 360 Å². The van der Waals surface area contributed by atoms with Crippen molar-refractivity contribution in [1.29, 1.82) is 0 Å². The molecular weight excluding hydrogens is 923 g/mol. The van der Waals surface area contributed by atoms with Crippen LogP contribution >= 0.6 is 0 Å². The molecule has 0 radical (unpaired) electrons. The van der Waals surface area contributed by atoms with Crippen LogP contribution in [-0.2, 0) is 14.3 Å². The summed E-state index contributed by atoms with van der Waals surface area (Å²) in [5, 5.41) is 23.1. The van der Waals surface area contributed by atoms with Crippen LogP contribution in [0, 0.1) is 0 Å². The Kier molecular flexibility index (Phi) is 63.9. The Bertz CT molecular complexity index is 1130. The minimum absolute atomic E-state index is 0.0232. The molecule has 2 unspecified atom stereocenters. The van der Waals surface area contributed by atoms with Gasteiger partial charge >= 0.3 is 5.97 Å². The molecule has 0 aromatic rings. The summed E-state index contributed by atoms with van der Waals surface area (Å²) in [7, 11) is 0. The number of hydrogen-bond acceptors (Lipinski definition) is 5. The Hall–Kier alpha value is -1.40. The molecule has 6 nitrogen and oxygen atoms in total. The lowest BCUT2D eigenvalue weighted by molar-refractivity contribution is -0.143. The van der Waals surface area contributed by atoms with E-state index in [4.69, 9.17) is 4.74 Å². The van der Waals surface area contributed by atoms with E-state index in [0.717, 1.165) is 38.5 Å². The molecule has 1 amide bonds. The first-order valence-electron chi connectivity index (χ1n) is 34.5. The zero-order valence-electron chi connectivity index (χ0n) is 51.1. The summed E-state index contributed by atoms with van der Waals surface area (Å²) in [4.78, 5) is 24.6. The number of aliphatic hydroxyl groups excluding tert-OH is 2. The van der Waals surface area contributed by atoms with Gasteiger partial charge in [0.05, 0.1) is 25.4 Å². The number of carbonyl (C=O) groups excluding carboxylic acids is 2. The molecule has 2 atom stereocenters. The number of allylic oxidation sites excluding steroid dienone is 1. The highest BCUT2D eigenvalue weighted by Crippen LogP contribution is 2.19. The first-order valence-corrected chi connectivity index (χ1v) is 34.5. The summed E-state index contributed by atoms with van der Waals surface area (Å²) < 4.78 is 5.51. The molecule has 3 N–H and O–H groups in total. The van der Waals surface area contributed by atoms with Crippen LogP contribution in [0.5, 0.6) is 0 Å². The average Bonchev–Trinajstić information content (AvgIpc) is 3.41. The molecule has 0 rings (SSSR count). The number of nitrogens with one attached hydrogen (secondary N) is 1. The maximum absolute atomic E-state index is 12.5. The maximum atomic E-state index is 12.5. The fourth-order valence-corrected chi connectivity index (χ4v) is 11.1. The Balaban J connectivity index is 3.32. The van der Waals surface area contributed by atoms with Gasteiger partial charge < -0.3 is 20.3 Å². The van der Waals surface area contributed by atoms with Crippen LogP contribution in [0.15, 0.2) is 12.2 Å². The first kappa shape index (κ1) is 73.6. The van der Waals surface area contributed by atoms with E-state index in [1.54, 1.807) is 6.08 Å². The van der Waals surface area contributed by atoms with Crippen molar-refractivity contribution in [2.24, 2.45) is 0 Å². The van der Waals surface area contributed by atoms with Crippen molar-refractivity contribution >= 4 is 11.9 Å². The molecule has 0 bridgehead atoms. The summed E-state index contributed by atoms with van der Waals surface area (Å²) >= 11 is 0. The molecule has 0 aliphatic rings. The zero-order chi connectivity index (χ0) is 54.3. The smallest absolute Gasteiger partial charge is 0.305 e. The first-order chi connectivity index (χ1) is 37.0. The molecule has 0 aromatic carbocycles. The van der Waals surface area contributed by atoms with Crippen molar-refractivity contribution in [3.63, 3.8) is 0 Å². The second kappa shape index (κ2) is 65.1. The summed E-state index contributed by atoms with van der Waals surface area (Å²) in [6.45, 7) is 4.94. The number of carbonyl (C=O) groups is 2. The van der Waals surface area contributed by atoms with Gasteiger partial charge in [0.1, 0.15) is 0 Å². The van der Waals surface area contributed by atoms with Crippen LogP contribution in [0.1, 0.15) is 393 Å². The van der Waals surface area contributed by atoms with E-state index in [2.05, 4.69) is 19.2 Å². The van der Waals surface area contributed by atoms with E-state index in [1.165, 1.54) is 327 Å². The summed E-state index contributed by atoms with van der Waals surface area (Å²) in [6, 6.07) is -0.624. The molecule has 0 aliphatic carbocycles. The number of unbranched alkanes of at least 4 members (excludes halogenated alkanes) is 54. The van der Waals surface area contributed by atoms with Crippen molar-refractivity contribution in [3.05, 3.63) is 12.2 Å². The van der Waals surface area contributed by atoms with Crippen molar-refractivity contribution < 1.29 is 24.5 Å². The van der Waals surface area contributed by atoms with Gasteiger partial charge in [-0.2, -0.15) is 0 Å². The molecule has 0 aromatic heterocycles. The largest absolute Gasteiger partial charge is 0.466 e. The van der Waals surface area contributed by atoms with E-state index in [-0.39, 0.29) is 18.5 Å². The Morgan fingerprint density at radius 3 is 0.907 bits per heavy atom. The van der Waals surface area contributed by atoms with Gasteiger partial charge in [-0.15, -0.1) is 0 Å². The lowest BCUT2D eigenvalue weighted by Crippen LogP contribution is -2.45. The molecule has 6 heteroatoms. The molecule has 0 aliphatic heterocycles. The van der Waals surface area contributed by atoms with Gasteiger partial charge in [-0.25, -0.2) is 0 Å². The number of rotatable bonds is 65. The third kappa shape index (κ3) is 61.7. The van der Waals surface area contributed by atoms with Crippen LogP contribution in [0.4, 0.5) is 0 Å². The van der Waals surface area contributed by atoms with Crippen LogP contribution in [0.25, 0.3) is 0 Å². The molecule has 0 fully saturated rings. The monoisotopic (exact) mass is 1060 g/mol. The summed E-state index contributed by atoms with van der Waals surface area (Å²) in [6.07, 6.45) is 80.0. The average molecular weight is 1060 g/mol. The third-order valence-corrected chi connectivity index (χ3v) is 16.3. The Morgan fingerprint density at radius 2 is 0.613 bits per heavy atom. The quantitative estimate of drug-likeness (QED) is 0.0320. The maximum Gasteiger partial charge on any atom is 0.305 e. The number of aliphatic hydroxyl groups is 2. The molecule has 0 spiro atoms. The van der Waals surface area contributed by atoms with E-state index < -0.39 is 12.1 Å². The minimum atomic E-state index is -0.840. The van der Waals surface area contributed by atoms with Gasteiger partial charge in [0, 0.05) is 12.8 Å². The van der Waals surface area contributed by atoms with Crippen molar-refractivity contribution in [3.8, 4) is 0 Å². The SMILES string of the molecule is CCCCCCCCCCCCC/C=C/C(O)C(CO)NC(=O)CCCCCCCCCCCCCCCCCCCCCCCCCCCCCCOC(=O)CCCCCCCCCCCCCCCCCCC. The number of esters is 1. The van der Waals surface area contributed by atoms with E-state index in [9.17, 15) is 19.8 Å². The highest BCUT2D eigenvalue weighted by atomic mass is 16.5. The third-order valence-electron chi connectivity index (χ3n) is 16.3. The van der Waals surface area contributed by atoms with Crippen LogP contribution in [-0.4, -0.2) is 47.4 Å². The van der Waals surface area contributed by atoms with E-state index in [0.29, 0.717) is 19.4 Å². The van der Waals surface area contributed by atoms with Gasteiger partial charge in [0.2, 0.25) is 5.91 Å². The van der Waals surface area contributed by atoms with E-state index in [1.807, 2.05) is 6.08 Å². The lowest BCUT2D eigenvalue weighted by Gasteiger charge is -2.20. The van der Waals surface area contributed by atoms with Crippen molar-refractivity contribution in [2.45, 2.75) is 405 Å². The van der Waals surface area contributed by atoms with Crippen LogP contribution < -0.4 is 5.32 Å². The second-order valence-electron chi connectivity index (χ2n) is 23.9. The molecule has 0 heterocycles. The second-order valence-corrected chi connectivity index (χ2v) is 23.9. The predicted octanol–water partition coefficient (Wildman–Crippen LogP) is 22.0. The molecule has 446 valence electrons. The standard InChI is InChI=1S/C69H135NO5/c1-3-5-7-9-11-13-15-17-18-31-35-39-43-47-51-55-59-63-69(74)75-64-60-56-52-48-44-40-36-33-30-28-26-24-22-20-19-21-23-25-27-29-32-34-38-42-46-50-54-58-62-68(73)70-66(65-71)67(72)61-57-53-49-45-41-37-16-14-12-10-8-6-4-2/h57,61,66-67,71-72H,3-56,58-60,62-65H2,1-2H3,(H,70,73)/b61-57+.